The van der Waals surface area contributed by atoms with E-state index in [1.54, 1.807) is 43.2 Å². The molecular formula is C26H21N5O3. The summed E-state index contributed by atoms with van der Waals surface area (Å²) in [5.74, 6) is 1.89. The van der Waals surface area contributed by atoms with Crippen LogP contribution in [0, 0.1) is 0 Å². The minimum Gasteiger partial charge on any atom is -0.497 e. The van der Waals surface area contributed by atoms with Crippen molar-refractivity contribution in [3.63, 3.8) is 0 Å². The Morgan fingerprint density at radius 2 is 1.47 bits per heavy atom. The van der Waals surface area contributed by atoms with Crippen LogP contribution >= 0.6 is 0 Å². The number of aromatic nitrogens is 4. The second-order valence-electron chi connectivity index (χ2n) is 7.45. The van der Waals surface area contributed by atoms with Gasteiger partial charge in [-0.1, -0.05) is 18.2 Å². The summed E-state index contributed by atoms with van der Waals surface area (Å²) in [5.41, 5.74) is 3.23. The molecule has 0 saturated carbocycles. The lowest BCUT2D eigenvalue weighted by Gasteiger charge is -2.08. The third-order valence-corrected chi connectivity index (χ3v) is 5.32. The number of hydrogen-bond acceptors (Lipinski definition) is 6. The highest BCUT2D eigenvalue weighted by Gasteiger charge is 2.17. The Hall–Kier alpha value is -4.72. The number of fused-ring (bicyclic) bond motifs is 1. The van der Waals surface area contributed by atoms with Gasteiger partial charge in [-0.2, -0.15) is 5.10 Å². The smallest absolute Gasteiger partial charge is 0.256 e. The first kappa shape index (κ1) is 21.1. The number of benzene rings is 3. The van der Waals surface area contributed by atoms with Crippen LogP contribution in [0.25, 0.3) is 28.1 Å². The summed E-state index contributed by atoms with van der Waals surface area (Å²) < 4.78 is 12.1. The van der Waals surface area contributed by atoms with Gasteiger partial charge in [-0.25, -0.2) is 14.6 Å². The number of rotatable bonds is 6. The molecule has 1 amide bonds. The second-order valence-corrected chi connectivity index (χ2v) is 7.45. The lowest BCUT2D eigenvalue weighted by atomic mass is 10.2. The van der Waals surface area contributed by atoms with E-state index in [1.807, 2.05) is 60.8 Å². The molecule has 0 bridgehead atoms. The summed E-state index contributed by atoms with van der Waals surface area (Å²) in [4.78, 5) is 22.4. The average Bonchev–Trinajstić information content (AvgIpc) is 3.34. The summed E-state index contributed by atoms with van der Waals surface area (Å²) in [6.07, 6.45) is 1.82. The van der Waals surface area contributed by atoms with E-state index in [1.165, 1.54) is 0 Å². The van der Waals surface area contributed by atoms with Crippen LogP contribution in [0.15, 0.2) is 85.1 Å². The molecule has 0 saturated heterocycles. The van der Waals surface area contributed by atoms with Crippen molar-refractivity contribution in [2.45, 2.75) is 0 Å². The predicted molar refractivity (Wildman–Crippen MR) is 130 cm³/mol. The van der Waals surface area contributed by atoms with Crippen LogP contribution in [-0.2, 0) is 0 Å². The van der Waals surface area contributed by atoms with Crippen molar-refractivity contribution >= 4 is 22.8 Å². The number of hydrogen-bond donors (Lipinski definition) is 1. The van der Waals surface area contributed by atoms with E-state index < -0.39 is 0 Å². The zero-order chi connectivity index (χ0) is 23.5. The van der Waals surface area contributed by atoms with Gasteiger partial charge in [-0.05, 0) is 60.7 Å². The fourth-order valence-corrected chi connectivity index (χ4v) is 3.50. The standard InChI is InChI=1S/C26H21N5O3/c1-33-20-12-8-17(9-13-20)24-27-22-16-31(19-6-4-3-5-7-19)30-23(22)25(28-24)29-26(32)18-10-14-21(34-2)15-11-18/h3-16H,1-2H3,(H,27,28,29,32). The van der Waals surface area contributed by atoms with Gasteiger partial charge in [0.25, 0.3) is 5.91 Å². The highest BCUT2D eigenvalue weighted by molar-refractivity contribution is 6.07. The number of carbonyl (C=O) groups is 1. The van der Waals surface area contributed by atoms with Gasteiger partial charge in [0.1, 0.15) is 17.0 Å². The molecule has 2 aromatic heterocycles. The zero-order valence-electron chi connectivity index (χ0n) is 18.6. The maximum absolute atomic E-state index is 13.0. The van der Waals surface area contributed by atoms with E-state index in [9.17, 15) is 4.79 Å². The molecule has 5 aromatic rings. The SMILES string of the molecule is COc1ccc(C(=O)Nc2nc(-c3ccc(OC)cc3)nc3cn(-c4ccccc4)nc23)cc1. The molecule has 0 fully saturated rings. The van der Waals surface area contributed by atoms with Crippen molar-refractivity contribution in [3.05, 3.63) is 90.6 Å². The number of anilines is 1. The fourth-order valence-electron chi connectivity index (χ4n) is 3.50. The predicted octanol–water partition coefficient (Wildman–Crippen LogP) is 4.75. The van der Waals surface area contributed by atoms with Gasteiger partial charge in [-0.15, -0.1) is 0 Å². The Morgan fingerprint density at radius 3 is 2.12 bits per heavy atom. The molecule has 168 valence electrons. The van der Waals surface area contributed by atoms with Crippen LogP contribution in [0.4, 0.5) is 5.82 Å². The first-order valence-corrected chi connectivity index (χ1v) is 10.6. The summed E-state index contributed by atoms with van der Waals surface area (Å²) in [7, 11) is 3.19. The van der Waals surface area contributed by atoms with E-state index in [-0.39, 0.29) is 5.91 Å². The van der Waals surface area contributed by atoms with E-state index in [4.69, 9.17) is 14.5 Å². The van der Waals surface area contributed by atoms with Crippen LogP contribution < -0.4 is 14.8 Å². The van der Waals surface area contributed by atoms with Crippen molar-refractivity contribution in [1.29, 1.82) is 0 Å². The third kappa shape index (κ3) is 4.16. The normalized spacial score (nSPS) is 10.8. The minimum absolute atomic E-state index is 0.308. The largest absolute Gasteiger partial charge is 0.497 e. The number of para-hydroxylation sites is 1. The first-order chi connectivity index (χ1) is 16.6. The Morgan fingerprint density at radius 1 is 0.824 bits per heavy atom. The van der Waals surface area contributed by atoms with E-state index in [0.717, 1.165) is 17.0 Å². The Balaban J connectivity index is 1.59. The zero-order valence-corrected chi connectivity index (χ0v) is 18.6. The number of ether oxygens (including phenoxy) is 2. The maximum atomic E-state index is 13.0. The quantitative estimate of drug-likeness (QED) is 0.401. The first-order valence-electron chi connectivity index (χ1n) is 10.6. The van der Waals surface area contributed by atoms with E-state index in [0.29, 0.717) is 34.0 Å². The number of carbonyl (C=O) groups excluding carboxylic acids is 1. The van der Waals surface area contributed by atoms with Crippen LogP contribution in [0.2, 0.25) is 0 Å². The molecule has 34 heavy (non-hydrogen) atoms. The minimum atomic E-state index is -0.308. The lowest BCUT2D eigenvalue weighted by molar-refractivity contribution is 0.102. The molecule has 0 aliphatic heterocycles. The molecule has 0 spiro atoms. The lowest BCUT2D eigenvalue weighted by Crippen LogP contribution is -2.14. The van der Waals surface area contributed by atoms with Gasteiger partial charge in [0.05, 0.1) is 26.1 Å². The van der Waals surface area contributed by atoms with Crippen LogP contribution in [0.3, 0.4) is 0 Å². The summed E-state index contributed by atoms with van der Waals surface area (Å²) >= 11 is 0. The maximum Gasteiger partial charge on any atom is 0.256 e. The number of nitrogens with zero attached hydrogens (tertiary/aromatic N) is 4. The highest BCUT2D eigenvalue weighted by Crippen LogP contribution is 2.27. The van der Waals surface area contributed by atoms with Gasteiger partial charge >= 0.3 is 0 Å². The molecule has 8 nitrogen and oxygen atoms in total. The Labute approximate surface area is 195 Å². The molecule has 0 aliphatic rings. The summed E-state index contributed by atoms with van der Waals surface area (Å²) in [6, 6.07) is 24.0. The molecule has 5 rings (SSSR count). The van der Waals surface area contributed by atoms with Gasteiger partial charge in [0, 0.05) is 11.1 Å². The van der Waals surface area contributed by atoms with E-state index >= 15 is 0 Å². The van der Waals surface area contributed by atoms with Crippen molar-refractivity contribution in [1.82, 2.24) is 19.7 Å². The molecule has 0 aliphatic carbocycles. The summed E-state index contributed by atoms with van der Waals surface area (Å²) in [5, 5.41) is 7.56. The molecule has 2 heterocycles. The Kier molecular flexibility index (Phi) is 5.61. The van der Waals surface area contributed by atoms with Crippen molar-refractivity contribution in [3.8, 4) is 28.6 Å². The molecule has 1 N–H and O–H groups in total. The monoisotopic (exact) mass is 451 g/mol. The van der Waals surface area contributed by atoms with Gasteiger partial charge < -0.3 is 14.8 Å². The molecular weight excluding hydrogens is 430 g/mol. The topological polar surface area (TPSA) is 91.2 Å². The van der Waals surface area contributed by atoms with Gasteiger partial charge in [-0.3, -0.25) is 4.79 Å². The molecule has 0 radical (unpaired) electrons. The Bertz CT molecular complexity index is 1450. The summed E-state index contributed by atoms with van der Waals surface area (Å²) in [6.45, 7) is 0. The van der Waals surface area contributed by atoms with Gasteiger partial charge in [0.15, 0.2) is 17.2 Å². The molecule has 3 aromatic carbocycles. The van der Waals surface area contributed by atoms with Crippen LogP contribution in [0.1, 0.15) is 10.4 Å². The van der Waals surface area contributed by atoms with Crippen LogP contribution in [-0.4, -0.2) is 39.9 Å². The van der Waals surface area contributed by atoms with Gasteiger partial charge in [0.2, 0.25) is 0 Å². The second kappa shape index (κ2) is 9.03. The molecule has 0 atom stereocenters. The number of amides is 1. The van der Waals surface area contributed by atoms with E-state index in [2.05, 4.69) is 15.4 Å². The molecule has 0 unspecified atom stereocenters. The number of nitrogens with one attached hydrogen (secondary N) is 1. The average molecular weight is 451 g/mol. The molecule has 8 heteroatoms. The number of methoxy groups -OCH3 is 2. The van der Waals surface area contributed by atoms with Crippen molar-refractivity contribution in [2.24, 2.45) is 0 Å². The van der Waals surface area contributed by atoms with Crippen LogP contribution in [0.5, 0.6) is 11.5 Å². The fraction of sp³-hybridized carbons (Fsp3) is 0.0769. The third-order valence-electron chi connectivity index (χ3n) is 5.32. The highest BCUT2D eigenvalue weighted by atomic mass is 16.5. The van der Waals surface area contributed by atoms with Crippen molar-refractivity contribution in [2.75, 3.05) is 19.5 Å². The van der Waals surface area contributed by atoms with Crippen molar-refractivity contribution < 1.29 is 14.3 Å².